The van der Waals surface area contributed by atoms with Crippen LogP contribution in [0.2, 0.25) is 10.0 Å². The molecule has 0 unspecified atom stereocenters. The number of pyridine rings is 1. The molecule has 0 fully saturated rings. The van der Waals surface area contributed by atoms with Crippen LogP contribution in [0, 0.1) is 0 Å². The van der Waals surface area contributed by atoms with Gasteiger partial charge < -0.3 is 15.2 Å². The molecule has 0 aliphatic rings. The fraction of sp³-hybridized carbons (Fsp3) is 0.158. The van der Waals surface area contributed by atoms with Crippen molar-refractivity contribution in [2.75, 3.05) is 20.5 Å². The van der Waals surface area contributed by atoms with E-state index < -0.39 is 5.91 Å². The molecule has 1 amide bonds. The zero-order valence-electron chi connectivity index (χ0n) is 15.7. The van der Waals surface area contributed by atoms with Crippen molar-refractivity contribution in [2.45, 2.75) is 5.16 Å². The Balaban J connectivity index is 2.38. The molecule has 10 heteroatoms. The van der Waals surface area contributed by atoms with Gasteiger partial charge in [-0.3, -0.25) is 9.78 Å². The van der Waals surface area contributed by atoms with Crippen LogP contribution in [0.3, 0.4) is 0 Å². The first-order chi connectivity index (χ1) is 13.9. The minimum absolute atomic E-state index is 0.0880. The second-order valence-electron chi connectivity index (χ2n) is 5.69. The van der Waals surface area contributed by atoms with Crippen molar-refractivity contribution < 1.29 is 14.3 Å². The highest BCUT2D eigenvalue weighted by Gasteiger charge is 2.25. The van der Waals surface area contributed by atoms with Gasteiger partial charge in [0.15, 0.2) is 16.7 Å². The molecular weight excluding hydrogens is 435 g/mol. The molecule has 0 atom stereocenters. The number of carbonyl (C=O) groups excluding carboxylic acids is 1. The minimum atomic E-state index is -0.721. The summed E-state index contributed by atoms with van der Waals surface area (Å²) in [7, 11) is 3.06. The van der Waals surface area contributed by atoms with Crippen LogP contribution in [0.5, 0.6) is 11.5 Å². The maximum absolute atomic E-state index is 12.5. The highest BCUT2D eigenvalue weighted by Crippen LogP contribution is 2.40. The summed E-state index contributed by atoms with van der Waals surface area (Å²) in [4.78, 5) is 25.4. The zero-order valence-corrected chi connectivity index (χ0v) is 18.0. The Kier molecular flexibility index (Phi) is 6.46. The smallest absolute Gasteiger partial charge is 0.253 e. The van der Waals surface area contributed by atoms with E-state index >= 15 is 0 Å². The number of primary amides is 1. The first-order valence-electron chi connectivity index (χ1n) is 8.18. The van der Waals surface area contributed by atoms with Gasteiger partial charge in [0.05, 0.1) is 41.2 Å². The molecule has 2 heterocycles. The summed E-state index contributed by atoms with van der Waals surface area (Å²) in [6, 6.07) is 5.17. The van der Waals surface area contributed by atoms with Gasteiger partial charge in [-0.2, -0.15) is 0 Å². The Morgan fingerprint density at radius 3 is 2.21 bits per heavy atom. The van der Waals surface area contributed by atoms with Crippen molar-refractivity contribution in [2.24, 2.45) is 5.73 Å². The van der Waals surface area contributed by atoms with Crippen LogP contribution in [0.1, 0.15) is 10.4 Å². The molecule has 0 aliphatic carbocycles. The number of amides is 1. The van der Waals surface area contributed by atoms with Crippen molar-refractivity contribution in [1.82, 2.24) is 15.0 Å². The lowest BCUT2D eigenvalue weighted by molar-refractivity contribution is 0.100. The zero-order chi connectivity index (χ0) is 21.1. The fourth-order valence-electron chi connectivity index (χ4n) is 2.78. The number of nitrogens with two attached hydrogens (primary N) is 1. The summed E-state index contributed by atoms with van der Waals surface area (Å²) >= 11 is 13.9. The molecule has 0 spiro atoms. The molecule has 0 aliphatic heterocycles. The van der Waals surface area contributed by atoms with Gasteiger partial charge in [0.2, 0.25) is 0 Å². The van der Waals surface area contributed by atoms with Crippen molar-refractivity contribution in [3.8, 4) is 34.0 Å². The van der Waals surface area contributed by atoms with Gasteiger partial charge in [0.1, 0.15) is 0 Å². The third kappa shape index (κ3) is 4.10. The van der Waals surface area contributed by atoms with E-state index in [4.69, 9.17) is 38.4 Å². The Hall–Kier alpha value is -2.55. The second kappa shape index (κ2) is 8.86. The summed E-state index contributed by atoms with van der Waals surface area (Å²) in [5.74, 6) is 0.295. The van der Waals surface area contributed by atoms with Crippen LogP contribution in [0.4, 0.5) is 0 Å². The van der Waals surface area contributed by atoms with Gasteiger partial charge in [-0.05, 0) is 24.5 Å². The lowest BCUT2D eigenvalue weighted by Crippen LogP contribution is -2.17. The fourth-order valence-corrected chi connectivity index (χ4v) is 3.68. The first kappa shape index (κ1) is 21.2. The number of ether oxygens (including phenoxy) is 2. The molecule has 0 saturated carbocycles. The third-order valence-corrected chi connectivity index (χ3v) is 5.19. The van der Waals surface area contributed by atoms with Crippen LogP contribution >= 0.6 is 35.0 Å². The monoisotopic (exact) mass is 450 g/mol. The number of halogens is 2. The van der Waals surface area contributed by atoms with Crippen molar-refractivity contribution in [1.29, 1.82) is 0 Å². The van der Waals surface area contributed by atoms with Gasteiger partial charge in [-0.15, -0.1) is 0 Å². The summed E-state index contributed by atoms with van der Waals surface area (Å²) < 4.78 is 10.6. The number of aromatic nitrogens is 3. The molecule has 3 aromatic rings. The van der Waals surface area contributed by atoms with Crippen LogP contribution in [0.15, 0.2) is 35.7 Å². The summed E-state index contributed by atoms with van der Waals surface area (Å²) in [5, 5.41) is 0.895. The number of methoxy groups -OCH3 is 2. The molecule has 1 aromatic carbocycles. The van der Waals surface area contributed by atoms with Crippen molar-refractivity contribution in [3.05, 3.63) is 46.2 Å². The van der Waals surface area contributed by atoms with Gasteiger partial charge in [-0.25, -0.2) is 9.97 Å². The van der Waals surface area contributed by atoms with Gasteiger partial charge in [0, 0.05) is 23.5 Å². The summed E-state index contributed by atoms with van der Waals surface area (Å²) in [6.45, 7) is 0. The van der Waals surface area contributed by atoms with E-state index in [2.05, 4.69) is 15.0 Å². The number of thioether (sulfide) groups is 1. The highest BCUT2D eigenvalue weighted by molar-refractivity contribution is 7.98. The molecule has 0 radical (unpaired) electrons. The van der Waals surface area contributed by atoms with Crippen molar-refractivity contribution in [3.63, 3.8) is 0 Å². The van der Waals surface area contributed by atoms with Crippen LogP contribution in [-0.2, 0) is 0 Å². The first-order valence-corrected chi connectivity index (χ1v) is 10.2. The number of hydrogen-bond donors (Lipinski definition) is 1. The molecular formula is C19H16Cl2N4O3S. The van der Waals surface area contributed by atoms with E-state index in [1.165, 1.54) is 38.4 Å². The number of rotatable bonds is 6. The quantitative estimate of drug-likeness (QED) is 0.439. The lowest BCUT2D eigenvalue weighted by atomic mass is 10.00. The molecule has 29 heavy (non-hydrogen) atoms. The average molecular weight is 451 g/mol. The van der Waals surface area contributed by atoms with E-state index in [1.54, 1.807) is 18.2 Å². The van der Waals surface area contributed by atoms with Crippen LogP contribution in [-0.4, -0.2) is 41.3 Å². The maximum Gasteiger partial charge on any atom is 0.253 e. The summed E-state index contributed by atoms with van der Waals surface area (Å²) in [6.07, 6.45) is 4.66. The van der Waals surface area contributed by atoms with Gasteiger partial charge in [0.25, 0.3) is 5.91 Å². The normalized spacial score (nSPS) is 10.7. The molecule has 7 nitrogen and oxygen atoms in total. The number of hydrogen-bond acceptors (Lipinski definition) is 7. The summed E-state index contributed by atoms with van der Waals surface area (Å²) in [5.41, 5.74) is 7.33. The second-order valence-corrected chi connectivity index (χ2v) is 7.28. The number of benzene rings is 1. The average Bonchev–Trinajstić information content (AvgIpc) is 2.72. The largest absolute Gasteiger partial charge is 0.493 e. The number of carbonyl (C=O) groups is 1. The molecule has 3 rings (SSSR count). The molecule has 150 valence electrons. The van der Waals surface area contributed by atoms with Gasteiger partial charge >= 0.3 is 0 Å². The maximum atomic E-state index is 12.5. The van der Waals surface area contributed by atoms with Crippen LogP contribution in [0.25, 0.3) is 22.5 Å². The highest BCUT2D eigenvalue weighted by atomic mass is 35.5. The Morgan fingerprint density at radius 1 is 1.03 bits per heavy atom. The lowest BCUT2D eigenvalue weighted by Gasteiger charge is -2.16. The Morgan fingerprint density at radius 2 is 1.66 bits per heavy atom. The van der Waals surface area contributed by atoms with E-state index in [9.17, 15) is 4.79 Å². The Bertz CT molecular complexity index is 1080. The van der Waals surface area contributed by atoms with Gasteiger partial charge in [-0.1, -0.05) is 35.0 Å². The van der Waals surface area contributed by atoms with E-state index in [-0.39, 0.29) is 21.3 Å². The van der Waals surface area contributed by atoms with E-state index in [0.717, 1.165) is 0 Å². The molecule has 2 aromatic heterocycles. The SMILES string of the molecule is COc1ccc(-c2nc(SC)nc(-c3c(Cl)cncc3Cl)c2C(N)=O)cc1OC. The number of nitrogens with zero attached hydrogens (tertiary/aromatic N) is 3. The van der Waals surface area contributed by atoms with Crippen LogP contribution < -0.4 is 15.2 Å². The van der Waals surface area contributed by atoms with E-state index in [1.807, 2.05) is 6.26 Å². The Labute approximate surface area is 181 Å². The minimum Gasteiger partial charge on any atom is -0.493 e. The van der Waals surface area contributed by atoms with E-state index in [0.29, 0.717) is 33.5 Å². The molecule has 0 saturated heterocycles. The molecule has 0 bridgehead atoms. The topological polar surface area (TPSA) is 100 Å². The molecule has 2 N–H and O–H groups in total. The standard InChI is InChI=1S/C19H16Cl2N4O3S/c1-27-12-5-4-9(6-13(12)28-2)16-15(18(22)26)17(25-19(24-16)29-3)14-10(20)7-23-8-11(14)21/h4-8H,1-3H3,(H2,22,26). The predicted molar refractivity (Wildman–Crippen MR) is 114 cm³/mol. The predicted octanol–water partition coefficient (Wildman–Crippen LogP) is 4.35. The van der Waals surface area contributed by atoms with Crippen molar-refractivity contribution >= 4 is 40.9 Å². The third-order valence-electron chi connectivity index (χ3n) is 4.06.